The van der Waals surface area contributed by atoms with Gasteiger partial charge in [-0.25, -0.2) is 0 Å². The van der Waals surface area contributed by atoms with Gasteiger partial charge in [0.05, 0.1) is 6.61 Å². The first-order chi connectivity index (χ1) is 6.77. The van der Waals surface area contributed by atoms with Crippen LogP contribution in [0.1, 0.15) is 13.8 Å². The third-order valence-corrected chi connectivity index (χ3v) is 2.30. The van der Waals surface area contributed by atoms with E-state index in [0.717, 1.165) is 6.92 Å². The molecule has 88 valence electrons. The van der Waals surface area contributed by atoms with Gasteiger partial charge in [-0.3, -0.25) is 4.79 Å². The van der Waals surface area contributed by atoms with E-state index in [1.165, 1.54) is 0 Å². The second-order valence-corrected chi connectivity index (χ2v) is 3.95. The molecular formula is C7H9F3O3S2. The average Bonchev–Trinajstić information content (AvgIpc) is 2.00. The molecule has 0 spiro atoms. The summed E-state index contributed by atoms with van der Waals surface area (Å²) in [6.07, 6.45) is -4.67. The number of hydrogen-bond donors (Lipinski definition) is 0. The molecule has 0 unspecified atom stereocenters. The van der Waals surface area contributed by atoms with Gasteiger partial charge in [0.25, 0.3) is 5.44 Å². The van der Waals surface area contributed by atoms with Crippen molar-refractivity contribution in [3.63, 3.8) is 0 Å². The molecule has 0 aromatic carbocycles. The van der Waals surface area contributed by atoms with Gasteiger partial charge in [-0.1, -0.05) is 0 Å². The minimum Gasteiger partial charge on any atom is -0.479 e. The maximum Gasteiger partial charge on any atom is 0.435 e. The lowest BCUT2D eigenvalue weighted by Crippen LogP contribution is -2.31. The fourth-order valence-electron chi connectivity index (χ4n) is 0.548. The summed E-state index contributed by atoms with van der Waals surface area (Å²) in [5.74, 6) is -1.02. The van der Waals surface area contributed by atoms with Crippen molar-refractivity contribution < 1.29 is 27.4 Å². The molecule has 0 N–H and O–H groups in total. The fraction of sp³-hybridized carbons (Fsp3) is 0.714. The maximum atomic E-state index is 12.3. The molecule has 0 saturated carbocycles. The van der Waals surface area contributed by atoms with Crippen LogP contribution in [-0.2, 0) is 14.3 Å². The molecule has 0 aliphatic rings. The lowest BCUT2D eigenvalue weighted by molar-refractivity contribution is -0.195. The van der Waals surface area contributed by atoms with Gasteiger partial charge in [0.2, 0.25) is 4.38 Å². The van der Waals surface area contributed by atoms with Gasteiger partial charge in [0.15, 0.2) is 0 Å². The van der Waals surface area contributed by atoms with Crippen LogP contribution in [-0.4, -0.2) is 28.6 Å². The Morgan fingerprint density at radius 3 is 2.40 bits per heavy atom. The zero-order valence-corrected chi connectivity index (χ0v) is 9.59. The molecule has 0 amide bonds. The summed E-state index contributed by atoms with van der Waals surface area (Å²) in [5, 5.41) is 0. The van der Waals surface area contributed by atoms with Gasteiger partial charge in [0.1, 0.15) is 0 Å². The standard InChI is InChI=1S/C7H9F3O3S2/c1-3-12-6(14)15-5(7(8,9)10)13-4(2)11/h5H,3H2,1-2H3/t5-/m0/s1. The summed E-state index contributed by atoms with van der Waals surface area (Å²) in [7, 11) is 0. The van der Waals surface area contributed by atoms with E-state index in [1.807, 2.05) is 0 Å². The van der Waals surface area contributed by atoms with Crippen LogP contribution >= 0.6 is 24.0 Å². The predicted molar refractivity (Wildman–Crippen MR) is 53.4 cm³/mol. The SMILES string of the molecule is CCOC(=S)S[C@H](OC(C)=O)C(F)(F)F. The molecule has 0 aromatic rings. The topological polar surface area (TPSA) is 35.5 Å². The largest absolute Gasteiger partial charge is 0.479 e. The van der Waals surface area contributed by atoms with Crippen molar-refractivity contribution >= 4 is 34.3 Å². The Morgan fingerprint density at radius 1 is 1.53 bits per heavy atom. The lowest BCUT2D eigenvalue weighted by atomic mass is 10.7. The highest BCUT2D eigenvalue weighted by Gasteiger charge is 2.44. The highest BCUT2D eigenvalue weighted by atomic mass is 32.2. The van der Waals surface area contributed by atoms with E-state index in [1.54, 1.807) is 6.92 Å². The number of thioether (sulfide) groups is 1. The van der Waals surface area contributed by atoms with Crippen LogP contribution in [0.3, 0.4) is 0 Å². The summed E-state index contributed by atoms with van der Waals surface area (Å²) in [6, 6.07) is 0. The third-order valence-electron chi connectivity index (χ3n) is 1.01. The summed E-state index contributed by atoms with van der Waals surface area (Å²) >= 11 is 4.65. The van der Waals surface area contributed by atoms with Gasteiger partial charge in [-0.2, -0.15) is 13.2 Å². The molecule has 8 heteroatoms. The second kappa shape index (κ2) is 6.16. The van der Waals surface area contributed by atoms with Gasteiger partial charge in [-0.05, 0) is 30.9 Å². The van der Waals surface area contributed by atoms with Crippen molar-refractivity contribution in [2.24, 2.45) is 0 Å². The molecule has 0 fully saturated rings. The Bertz CT molecular complexity index is 242. The number of hydrogen-bond acceptors (Lipinski definition) is 5. The van der Waals surface area contributed by atoms with Gasteiger partial charge >= 0.3 is 12.1 Å². The third kappa shape index (κ3) is 6.56. The smallest absolute Gasteiger partial charge is 0.435 e. The molecule has 0 heterocycles. The summed E-state index contributed by atoms with van der Waals surface area (Å²) < 4.78 is 45.2. The van der Waals surface area contributed by atoms with Gasteiger partial charge in [-0.15, -0.1) is 0 Å². The highest BCUT2D eigenvalue weighted by Crippen LogP contribution is 2.32. The number of rotatable bonds is 3. The molecule has 0 radical (unpaired) electrons. The zero-order chi connectivity index (χ0) is 12.1. The summed E-state index contributed by atoms with van der Waals surface area (Å²) in [6.45, 7) is 2.64. The fourth-order valence-corrected chi connectivity index (χ4v) is 1.61. The summed E-state index contributed by atoms with van der Waals surface area (Å²) in [5.41, 5.74) is -2.31. The Labute approximate surface area is 94.3 Å². The molecule has 1 atom stereocenters. The Kier molecular flexibility index (Phi) is 5.96. The Hall–Kier alpha value is -0.500. The normalized spacial score (nSPS) is 13.1. The Balaban J connectivity index is 4.38. The molecule has 0 aliphatic carbocycles. The van der Waals surface area contributed by atoms with Crippen LogP contribution in [0, 0.1) is 0 Å². The van der Waals surface area contributed by atoms with Crippen molar-refractivity contribution in [3.8, 4) is 0 Å². The molecule has 0 saturated heterocycles. The van der Waals surface area contributed by atoms with Crippen LogP contribution in [0.5, 0.6) is 0 Å². The van der Waals surface area contributed by atoms with Crippen molar-refractivity contribution in [1.82, 2.24) is 0 Å². The van der Waals surface area contributed by atoms with Crippen LogP contribution < -0.4 is 0 Å². The number of ether oxygens (including phenoxy) is 2. The zero-order valence-electron chi connectivity index (χ0n) is 7.96. The van der Waals surface area contributed by atoms with Crippen molar-refractivity contribution in [1.29, 1.82) is 0 Å². The molecule has 0 rings (SSSR count). The van der Waals surface area contributed by atoms with E-state index < -0.39 is 17.6 Å². The lowest BCUT2D eigenvalue weighted by Gasteiger charge is -2.19. The minimum absolute atomic E-state index is 0.146. The van der Waals surface area contributed by atoms with Crippen LogP contribution in [0.15, 0.2) is 0 Å². The van der Waals surface area contributed by atoms with Crippen molar-refractivity contribution in [2.45, 2.75) is 25.5 Å². The van der Waals surface area contributed by atoms with E-state index in [-0.39, 0.29) is 22.8 Å². The second-order valence-electron chi connectivity index (χ2n) is 2.28. The number of alkyl halides is 3. The quantitative estimate of drug-likeness (QED) is 0.443. The molecule has 0 aromatic heterocycles. The van der Waals surface area contributed by atoms with Gasteiger partial charge in [0, 0.05) is 6.92 Å². The monoisotopic (exact) mass is 262 g/mol. The molecule has 15 heavy (non-hydrogen) atoms. The molecule has 3 nitrogen and oxygen atoms in total. The molecular weight excluding hydrogens is 253 g/mol. The van der Waals surface area contributed by atoms with Crippen LogP contribution in [0.4, 0.5) is 13.2 Å². The maximum absolute atomic E-state index is 12.3. The predicted octanol–water partition coefficient (Wildman–Crippen LogP) is 2.49. The number of esters is 1. The van der Waals surface area contributed by atoms with Crippen molar-refractivity contribution in [3.05, 3.63) is 0 Å². The first-order valence-electron chi connectivity index (χ1n) is 3.84. The average molecular weight is 262 g/mol. The summed E-state index contributed by atoms with van der Waals surface area (Å²) in [4.78, 5) is 10.4. The number of carbonyl (C=O) groups excluding carboxylic acids is 1. The number of halogens is 3. The van der Waals surface area contributed by atoms with Crippen molar-refractivity contribution in [2.75, 3.05) is 6.61 Å². The van der Waals surface area contributed by atoms with E-state index in [4.69, 9.17) is 0 Å². The number of carbonyl (C=O) groups is 1. The van der Waals surface area contributed by atoms with E-state index in [0.29, 0.717) is 0 Å². The Morgan fingerprint density at radius 2 is 2.07 bits per heavy atom. The highest BCUT2D eigenvalue weighted by molar-refractivity contribution is 8.22. The van der Waals surface area contributed by atoms with E-state index in [2.05, 4.69) is 21.7 Å². The first-order valence-corrected chi connectivity index (χ1v) is 5.13. The molecule has 0 bridgehead atoms. The molecule has 0 aliphatic heterocycles. The van der Waals surface area contributed by atoms with E-state index >= 15 is 0 Å². The van der Waals surface area contributed by atoms with E-state index in [9.17, 15) is 18.0 Å². The van der Waals surface area contributed by atoms with Crippen LogP contribution in [0.25, 0.3) is 0 Å². The minimum atomic E-state index is -4.67. The van der Waals surface area contributed by atoms with Gasteiger partial charge < -0.3 is 9.47 Å². The van der Waals surface area contributed by atoms with Crippen LogP contribution in [0.2, 0.25) is 0 Å². The first kappa shape index (κ1) is 14.5. The number of thiocarbonyl (C=S) groups is 1.